The van der Waals surface area contributed by atoms with Crippen LogP contribution in [0, 0.1) is 0 Å². The maximum absolute atomic E-state index is 13.0. The van der Waals surface area contributed by atoms with Crippen LogP contribution in [-0.2, 0) is 4.79 Å². The number of carbonyl (C=O) groups excluding carboxylic acids is 2. The van der Waals surface area contributed by atoms with Crippen LogP contribution in [0.5, 0.6) is 11.5 Å². The van der Waals surface area contributed by atoms with Gasteiger partial charge in [-0.3, -0.25) is 9.59 Å². The van der Waals surface area contributed by atoms with Crippen LogP contribution in [0.25, 0.3) is 6.08 Å². The first-order valence-electron chi connectivity index (χ1n) is 11.7. The second-order valence-corrected chi connectivity index (χ2v) is 8.29. The lowest BCUT2D eigenvalue weighted by atomic mass is 10.1. The highest BCUT2D eigenvalue weighted by molar-refractivity contribution is 6.34. The van der Waals surface area contributed by atoms with Gasteiger partial charge in [-0.05, 0) is 73.5 Å². The van der Waals surface area contributed by atoms with Gasteiger partial charge >= 0.3 is 0 Å². The van der Waals surface area contributed by atoms with Gasteiger partial charge in [-0.15, -0.1) is 0 Å². The second-order valence-electron chi connectivity index (χ2n) is 7.89. The third-order valence-corrected chi connectivity index (χ3v) is 5.86. The predicted octanol–water partition coefficient (Wildman–Crippen LogP) is 4.82. The molecule has 0 radical (unpaired) electrons. The number of anilines is 1. The number of amides is 2. The fourth-order valence-corrected chi connectivity index (χ4v) is 3.75. The van der Waals surface area contributed by atoms with Crippen LogP contribution >= 0.6 is 11.6 Å². The molecule has 8 nitrogen and oxygen atoms in total. The van der Waals surface area contributed by atoms with Gasteiger partial charge in [0.15, 0.2) is 11.5 Å². The Morgan fingerprint density at radius 1 is 1.03 bits per heavy atom. The number of nitrogens with one attached hydrogen (secondary N) is 2. The monoisotopic (exact) mass is 520 g/mol. The Hall–Kier alpha value is -4.30. The topological polar surface area (TPSA) is 103 Å². The van der Waals surface area contributed by atoms with Crippen LogP contribution in [0.4, 0.5) is 5.69 Å². The summed E-state index contributed by atoms with van der Waals surface area (Å²) in [4.78, 5) is 28.1. The molecule has 0 unspecified atom stereocenters. The summed E-state index contributed by atoms with van der Waals surface area (Å²) in [6.07, 6.45) is 2.96. The summed E-state index contributed by atoms with van der Waals surface area (Å²) in [5, 5.41) is 16.6. The molecule has 0 aliphatic heterocycles. The number of aromatic hydroxyl groups is 1. The van der Waals surface area contributed by atoms with Crippen molar-refractivity contribution in [3.63, 3.8) is 0 Å². The Morgan fingerprint density at radius 2 is 1.70 bits per heavy atom. The maximum atomic E-state index is 13.0. The van der Waals surface area contributed by atoms with Gasteiger partial charge in [0, 0.05) is 18.8 Å². The van der Waals surface area contributed by atoms with E-state index in [1.165, 1.54) is 19.4 Å². The Morgan fingerprint density at radius 3 is 2.35 bits per heavy atom. The highest BCUT2D eigenvalue weighted by atomic mass is 35.5. The lowest BCUT2D eigenvalue weighted by Gasteiger charge is -2.21. The Balaban J connectivity index is 1.85. The molecule has 3 rings (SSSR count). The molecule has 0 bridgehead atoms. The summed E-state index contributed by atoms with van der Waals surface area (Å²) in [7, 11) is 1.44. The largest absolute Gasteiger partial charge is 0.504 e. The Bertz CT molecular complexity index is 1300. The number of hydrogen-bond acceptors (Lipinski definition) is 6. The third-order valence-electron chi connectivity index (χ3n) is 5.53. The molecule has 3 N–H and O–H groups in total. The third kappa shape index (κ3) is 7.35. The summed E-state index contributed by atoms with van der Waals surface area (Å²) in [5.74, 6) is -0.895. The number of benzene rings is 3. The van der Waals surface area contributed by atoms with Crippen molar-refractivity contribution >= 4 is 41.4 Å². The van der Waals surface area contributed by atoms with E-state index in [1.807, 2.05) is 24.3 Å². The van der Waals surface area contributed by atoms with Crippen molar-refractivity contribution in [3.8, 4) is 11.5 Å². The molecule has 9 heteroatoms. The van der Waals surface area contributed by atoms with Crippen LogP contribution in [0.15, 0.2) is 77.5 Å². The van der Waals surface area contributed by atoms with E-state index in [9.17, 15) is 14.7 Å². The van der Waals surface area contributed by atoms with Crippen molar-refractivity contribution in [3.05, 3.63) is 94.1 Å². The van der Waals surface area contributed by atoms with E-state index in [4.69, 9.17) is 16.3 Å². The lowest BCUT2D eigenvalue weighted by Crippen LogP contribution is -2.33. The van der Waals surface area contributed by atoms with Gasteiger partial charge < -0.3 is 20.1 Å². The summed E-state index contributed by atoms with van der Waals surface area (Å²) >= 11 is 6.17. The molecule has 0 atom stereocenters. The van der Waals surface area contributed by atoms with Gasteiger partial charge in [-0.1, -0.05) is 35.9 Å². The molecule has 192 valence electrons. The molecule has 0 fully saturated rings. The number of hydrazone groups is 1. The highest BCUT2D eigenvalue weighted by Gasteiger charge is 2.16. The first-order valence-corrected chi connectivity index (χ1v) is 12.1. The van der Waals surface area contributed by atoms with Crippen molar-refractivity contribution in [1.82, 2.24) is 10.7 Å². The number of hydrogen-bond donors (Lipinski definition) is 3. The summed E-state index contributed by atoms with van der Waals surface area (Å²) in [5.41, 5.74) is 5.01. The van der Waals surface area contributed by atoms with Crippen molar-refractivity contribution < 1.29 is 19.4 Å². The minimum absolute atomic E-state index is 0.0109. The normalized spacial score (nSPS) is 11.3. The molecule has 0 saturated carbocycles. The van der Waals surface area contributed by atoms with E-state index in [0.717, 1.165) is 18.8 Å². The summed E-state index contributed by atoms with van der Waals surface area (Å²) < 4.78 is 5.08. The first-order chi connectivity index (χ1) is 17.9. The highest BCUT2D eigenvalue weighted by Crippen LogP contribution is 2.25. The fraction of sp³-hybridized carbons (Fsp3) is 0.179. The van der Waals surface area contributed by atoms with E-state index in [1.54, 1.807) is 42.5 Å². The van der Waals surface area contributed by atoms with E-state index in [-0.39, 0.29) is 27.8 Å². The van der Waals surface area contributed by atoms with Crippen LogP contribution in [0.2, 0.25) is 5.02 Å². The maximum Gasteiger partial charge on any atom is 0.287 e. The SMILES string of the molecule is CCN(CC)c1ccc(/C=C(/NC(=O)c2ccccc2Cl)C(=O)N/N=C\c2ccc(O)c(OC)c2)cc1. The number of rotatable bonds is 10. The van der Waals surface area contributed by atoms with Crippen molar-refractivity contribution in [2.75, 3.05) is 25.1 Å². The van der Waals surface area contributed by atoms with Crippen LogP contribution in [-0.4, -0.2) is 43.3 Å². The van der Waals surface area contributed by atoms with Crippen LogP contribution in [0.3, 0.4) is 0 Å². The van der Waals surface area contributed by atoms with Gasteiger partial charge in [-0.25, -0.2) is 5.43 Å². The number of carbonyl (C=O) groups is 2. The summed E-state index contributed by atoms with van der Waals surface area (Å²) in [6.45, 7) is 5.91. The number of phenols is 1. The van der Waals surface area contributed by atoms with E-state index in [2.05, 4.69) is 34.6 Å². The molecule has 0 aliphatic rings. The van der Waals surface area contributed by atoms with Gasteiger partial charge in [0.25, 0.3) is 11.8 Å². The van der Waals surface area contributed by atoms with E-state index < -0.39 is 11.8 Å². The Kier molecular flexibility index (Phi) is 9.69. The fourth-order valence-electron chi connectivity index (χ4n) is 3.53. The quantitative estimate of drug-likeness (QED) is 0.202. The van der Waals surface area contributed by atoms with Gasteiger partial charge in [0.05, 0.1) is 23.9 Å². The average molecular weight is 521 g/mol. The molecule has 2 amide bonds. The van der Waals surface area contributed by atoms with Gasteiger partial charge in [0.2, 0.25) is 0 Å². The van der Waals surface area contributed by atoms with Gasteiger partial charge in [0.1, 0.15) is 5.70 Å². The zero-order chi connectivity index (χ0) is 26.8. The van der Waals surface area contributed by atoms with Crippen molar-refractivity contribution in [2.24, 2.45) is 5.10 Å². The zero-order valence-corrected chi connectivity index (χ0v) is 21.6. The second kappa shape index (κ2) is 13.1. The molecule has 0 aliphatic carbocycles. The number of nitrogens with zero attached hydrogens (tertiary/aromatic N) is 2. The molecular weight excluding hydrogens is 492 g/mol. The molecule has 0 saturated heterocycles. The number of halogens is 1. The Labute approximate surface area is 221 Å². The average Bonchev–Trinajstić information content (AvgIpc) is 2.91. The minimum atomic E-state index is -0.629. The van der Waals surface area contributed by atoms with Crippen LogP contribution < -0.4 is 20.4 Å². The molecule has 0 heterocycles. The van der Waals surface area contributed by atoms with E-state index in [0.29, 0.717) is 11.1 Å². The lowest BCUT2D eigenvalue weighted by molar-refractivity contribution is -0.117. The molecule has 37 heavy (non-hydrogen) atoms. The zero-order valence-electron chi connectivity index (χ0n) is 20.9. The minimum Gasteiger partial charge on any atom is -0.504 e. The summed E-state index contributed by atoms with van der Waals surface area (Å²) in [6, 6.07) is 18.9. The van der Waals surface area contributed by atoms with Crippen LogP contribution in [0.1, 0.15) is 35.3 Å². The van der Waals surface area contributed by atoms with Gasteiger partial charge in [-0.2, -0.15) is 5.10 Å². The number of ether oxygens (including phenoxy) is 1. The smallest absolute Gasteiger partial charge is 0.287 e. The van der Waals surface area contributed by atoms with Crippen molar-refractivity contribution in [2.45, 2.75) is 13.8 Å². The first kappa shape index (κ1) is 27.3. The van der Waals surface area contributed by atoms with Crippen molar-refractivity contribution in [1.29, 1.82) is 0 Å². The predicted molar refractivity (Wildman–Crippen MR) is 147 cm³/mol. The molecule has 0 spiro atoms. The standard InChI is InChI=1S/C28H29ClN4O4/c1-4-33(5-2)21-13-10-19(11-14-21)16-24(31-27(35)22-8-6-7-9-23(22)29)28(36)32-30-18-20-12-15-25(34)26(17-20)37-3/h6-18,34H,4-5H2,1-3H3,(H,31,35)(H,32,36)/b24-16+,30-18-. The molecule has 3 aromatic rings. The van der Waals surface area contributed by atoms with E-state index >= 15 is 0 Å². The number of phenolic OH excluding ortho intramolecular Hbond substituents is 1. The molecule has 0 aromatic heterocycles. The molecular formula is C28H29ClN4O4. The number of methoxy groups -OCH3 is 1. The molecule has 3 aromatic carbocycles.